The third kappa shape index (κ3) is 2.38. The van der Waals surface area contributed by atoms with Crippen LogP contribution in [0.3, 0.4) is 0 Å². The van der Waals surface area contributed by atoms with Gasteiger partial charge in [-0.05, 0) is 0 Å². The summed E-state index contributed by atoms with van der Waals surface area (Å²) in [4.78, 5) is 0. The van der Waals surface area contributed by atoms with E-state index < -0.39 is 6.83 Å². The maximum atomic E-state index is 7.14. The molecule has 0 bridgehead atoms. The van der Waals surface area contributed by atoms with Crippen LogP contribution in [-0.2, 0) is 4.52 Å². The zero-order chi connectivity index (χ0) is 19.1. The molecule has 140 valence electrons. The Morgan fingerprint density at radius 1 is 0.630 bits per heavy atom. The van der Waals surface area contributed by atoms with Crippen LogP contribution in [0.1, 0.15) is 27.7 Å². The van der Waals surface area contributed by atoms with E-state index in [4.69, 9.17) is 4.52 Å². The fourth-order valence-electron chi connectivity index (χ4n) is 5.53. The van der Waals surface area contributed by atoms with Crippen LogP contribution < -0.4 is 15.9 Å². The average Bonchev–Trinajstić information content (AvgIpc) is 2.66. The molecule has 27 heavy (non-hydrogen) atoms. The van der Waals surface area contributed by atoms with Gasteiger partial charge in [-0.25, -0.2) is 0 Å². The summed E-state index contributed by atoms with van der Waals surface area (Å²) in [6.07, 6.45) is 0.211. The Bertz CT molecular complexity index is 813. The Balaban J connectivity index is 2.19. The van der Waals surface area contributed by atoms with Gasteiger partial charge in [0.25, 0.3) is 0 Å². The van der Waals surface area contributed by atoms with Crippen molar-refractivity contribution in [1.29, 1.82) is 0 Å². The zero-order valence-corrected chi connectivity index (χ0v) is 17.6. The van der Waals surface area contributed by atoms with E-state index in [0.29, 0.717) is 5.66 Å². The van der Waals surface area contributed by atoms with Gasteiger partial charge in [0.1, 0.15) is 0 Å². The molecular weight excluding hydrogens is 347 g/mol. The Labute approximate surface area is 163 Å². The summed E-state index contributed by atoms with van der Waals surface area (Å²) >= 11 is 0. The van der Waals surface area contributed by atoms with Crippen molar-refractivity contribution < 1.29 is 4.52 Å². The van der Waals surface area contributed by atoms with E-state index >= 15 is 0 Å². The molecule has 0 aromatic heterocycles. The Morgan fingerprint density at radius 3 is 1.22 bits per heavy atom. The van der Waals surface area contributed by atoms with Gasteiger partial charge in [0.15, 0.2) is 0 Å². The molecule has 1 saturated heterocycles. The predicted molar refractivity (Wildman–Crippen MR) is 119 cm³/mol. The second-order valence-electron chi connectivity index (χ2n) is 8.73. The number of benzene rings is 3. The van der Waals surface area contributed by atoms with Crippen molar-refractivity contribution in [3.8, 4) is 0 Å². The second-order valence-corrected chi connectivity index (χ2v) is 13.3. The van der Waals surface area contributed by atoms with Crippen LogP contribution in [0.4, 0.5) is 0 Å². The van der Waals surface area contributed by atoms with Crippen LogP contribution in [0.2, 0.25) is 0 Å². The molecule has 1 fully saturated rings. The molecule has 0 saturated carbocycles. The minimum atomic E-state index is -3.07. The molecule has 1 aliphatic heterocycles. The van der Waals surface area contributed by atoms with E-state index in [1.165, 1.54) is 15.9 Å². The van der Waals surface area contributed by atoms with Gasteiger partial charge in [0.2, 0.25) is 0 Å². The maximum absolute atomic E-state index is 7.14. The van der Waals surface area contributed by atoms with Crippen molar-refractivity contribution in [3.63, 3.8) is 0 Å². The molecule has 0 amide bonds. The predicted octanol–water partition coefficient (Wildman–Crippen LogP) is 5.26. The van der Waals surface area contributed by atoms with Crippen LogP contribution in [0.5, 0.6) is 0 Å². The molecule has 0 radical (unpaired) electrons. The summed E-state index contributed by atoms with van der Waals surface area (Å²) < 4.78 is 7.14. The quantitative estimate of drug-likeness (QED) is 0.566. The minimum absolute atomic E-state index is 0.108. The van der Waals surface area contributed by atoms with Crippen molar-refractivity contribution in [2.45, 2.75) is 39.5 Å². The van der Waals surface area contributed by atoms with E-state index in [0.717, 1.165) is 0 Å². The Kier molecular flexibility index (Phi) is 4.29. The van der Waals surface area contributed by atoms with Crippen molar-refractivity contribution >= 4 is 22.7 Å². The van der Waals surface area contributed by atoms with E-state index in [2.05, 4.69) is 119 Å². The van der Waals surface area contributed by atoms with Crippen molar-refractivity contribution in [3.05, 3.63) is 91.0 Å². The number of rotatable bonds is 3. The van der Waals surface area contributed by atoms with Crippen LogP contribution in [0.15, 0.2) is 91.0 Å². The monoisotopic (exact) mass is 376 g/mol. The summed E-state index contributed by atoms with van der Waals surface area (Å²) in [7, 11) is 0. The molecule has 3 aromatic carbocycles. The number of hydrogen-bond acceptors (Lipinski definition) is 1. The molecule has 0 spiro atoms. The van der Waals surface area contributed by atoms with Crippen molar-refractivity contribution in [1.82, 2.24) is 0 Å². The van der Waals surface area contributed by atoms with E-state index in [1.807, 2.05) is 0 Å². The van der Waals surface area contributed by atoms with Crippen LogP contribution in [0, 0.1) is 5.41 Å². The molecule has 0 aliphatic carbocycles. The Morgan fingerprint density at radius 2 is 0.963 bits per heavy atom. The average molecular weight is 376 g/mol. The molecule has 1 nitrogen and oxygen atoms in total. The molecule has 2 unspecified atom stereocenters. The van der Waals surface area contributed by atoms with Gasteiger partial charge < -0.3 is 0 Å². The summed E-state index contributed by atoms with van der Waals surface area (Å²) in [6, 6.07) is 32.9. The first-order valence-electron chi connectivity index (χ1n) is 9.78. The van der Waals surface area contributed by atoms with Gasteiger partial charge in [-0.2, -0.15) is 0 Å². The fourth-order valence-corrected chi connectivity index (χ4v) is 13.1. The standard InChI is InChI=1S/C25H29OP/c1-20-24(25(2,3)4)27(26-20,21-14-8-5-9-15-21,22-16-10-6-11-17-22)23-18-12-7-13-19-23/h5-20,24H,1-4H3. The van der Waals surface area contributed by atoms with Crippen LogP contribution in [0.25, 0.3) is 0 Å². The van der Waals surface area contributed by atoms with Gasteiger partial charge in [-0.1, -0.05) is 0 Å². The fraction of sp³-hybridized carbons (Fsp3) is 0.280. The summed E-state index contributed by atoms with van der Waals surface area (Å²) in [5.41, 5.74) is 0.521. The van der Waals surface area contributed by atoms with E-state index in [1.54, 1.807) is 0 Å². The third-order valence-electron chi connectivity index (χ3n) is 6.05. The summed E-state index contributed by atoms with van der Waals surface area (Å²) in [5, 5.41) is 4.00. The van der Waals surface area contributed by atoms with Crippen molar-refractivity contribution in [2.75, 3.05) is 0 Å². The van der Waals surface area contributed by atoms with Crippen LogP contribution >= 0.6 is 6.83 Å². The van der Waals surface area contributed by atoms with E-state index in [-0.39, 0.29) is 11.5 Å². The third-order valence-corrected chi connectivity index (χ3v) is 13.1. The van der Waals surface area contributed by atoms with Crippen molar-refractivity contribution in [2.24, 2.45) is 5.41 Å². The first kappa shape index (κ1) is 18.4. The second kappa shape index (κ2) is 6.30. The van der Waals surface area contributed by atoms with Gasteiger partial charge in [-0.15, -0.1) is 0 Å². The molecule has 1 heterocycles. The topological polar surface area (TPSA) is 9.23 Å². The Hall–Kier alpha value is -1.95. The van der Waals surface area contributed by atoms with Gasteiger partial charge in [0.05, 0.1) is 0 Å². The molecule has 0 N–H and O–H groups in total. The molecule has 1 aliphatic rings. The first-order valence-corrected chi connectivity index (χ1v) is 12.0. The molecular formula is C25H29OP. The van der Waals surface area contributed by atoms with Gasteiger partial charge in [-0.3, -0.25) is 0 Å². The molecule has 2 atom stereocenters. The van der Waals surface area contributed by atoms with Crippen LogP contribution in [-0.4, -0.2) is 11.8 Å². The van der Waals surface area contributed by atoms with Gasteiger partial charge in [0, 0.05) is 0 Å². The van der Waals surface area contributed by atoms with Gasteiger partial charge >= 0.3 is 163 Å². The molecule has 4 rings (SSSR count). The summed E-state index contributed by atoms with van der Waals surface area (Å²) in [6.45, 7) is 6.28. The SMILES string of the molecule is CC1OP(c2ccccc2)(c2ccccc2)(c2ccccc2)C1C(C)(C)C. The molecule has 3 aromatic rings. The molecule has 2 heteroatoms. The van der Waals surface area contributed by atoms with E-state index in [9.17, 15) is 0 Å². The number of hydrogen-bond donors (Lipinski definition) is 0. The zero-order valence-electron chi connectivity index (χ0n) is 16.7. The first-order chi connectivity index (χ1) is 12.9. The normalized spacial score (nSPS) is 25.0. The summed E-state index contributed by atoms with van der Waals surface area (Å²) in [5.74, 6) is 0.